The number of methoxy groups -OCH3 is 2. The van der Waals surface area contributed by atoms with Crippen molar-refractivity contribution in [2.45, 2.75) is 17.4 Å². The van der Waals surface area contributed by atoms with Gasteiger partial charge in [0.1, 0.15) is 5.60 Å². The third-order valence-corrected chi connectivity index (χ3v) is 7.69. The van der Waals surface area contributed by atoms with Crippen molar-refractivity contribution in [2.75, 3.05) is 25.1 Å². The Morgan fingerprint density at radius 3 is 2.26 bits per heavy atom. The highest BCUT2D eigenvalue weighted by Gasteiger charge is 2.38. The van der Waals surface area contributed by atoms with E-state index < -0.39 is 28.1 Å². The van der Waals surface area contributed by atoms with Gasteiger partial charge in [-0.2, -0.15) is 0 Å². The maximum absolute atomic E-state index is 13.8. The summed E-state index contributed by atoms with van der Waals surface area (Å²) < 4.78 is 38.5. The monoisotopic (exact) mass is 538 g/mol. The minimum absolute atomic E-state index is 0.0314. The van der Waals surface area contributed by atoms with Gasteiger partial charge in [-0.15, -0.1) is 0 Å². The molecule has 1 atom stereocenters. The highest BCUT2D eigenvalue weighted by atomic mass is 35.5. The van der Waals surface area contributed by atoms with Crippen molar-refractivity contribution in [1.82, 2.24) is 0 Å². The molecule has 0 aromatic heterocycles. The predicted octanol–water partition coefficient (Wildman–Crippen LogP) is 3.95. The average molecular weight is 539 g/mol. The quantitative estimate of drug-likeness (QED) is 0.445. The smallest absolute Gasteiger partial charge is 0.271 e. The summed E-state index contributed by atoms with van der Waals surface area (Å²) in [7, 11) is -1.76. The standard InChI is InChI=1S/C24H24Cl2N2O6S/c1-24(30,17-6-4-5-7-19(17)26)18-12-15(25)8-10-20(18)28(23(29)14-27)35(31,32)16-9-11-21(33-2)22(13-16)34-3/h4-13,30H,14,27H2,1-3H3. The van der Waals surface area contributed by atoms with Crippen LogP contribution in [0, 0.1) is 0 Å². The number of ether oxygens (including phenoxy) is 2. The molecular formula is C24H24Cl2N2O6S. The third kappa shape index (κ3) is 5.10. The Morgan fingerprint density at radius 2 is 1.66 bits per heavy atom. The van der Waals surface area contributed by atoms with E-state index in [1.54, 1.807) is 24.3 Å². The first-order chi connectivity index (χ1) is 16.5. The van der Waals surface area contributed by atoms with Crippen molar-refractivity contribution >= 4 is 44.8 Å². The molecule has 0 spiro atoms. The predicted molar refractivity (Wildman–Crippen MR) is 135 cm³/mol. The molecule has 3 rings (SSSR count). The summed E-state index contributed by atoms with van der Waals surface area (Å²) in [5.41, 5.74) is 3.95. The third-order valence-electron chi connectivity index (χ3n) is 5.39. The zero-order chi connectivity index (χ0) is 26.0. The zero-order valence-corrected chi connectivity index (χ0v) is 21.5. The number of carbonyl (C=O) groups excluding carboxylic acids is 1. The molecule has 8 nitrogen and oxygen atoms in total. The lowest BCUT2D eigenvalue weighted by atomic mass is 9.87. The fourth-order valence-corrected chi connectivity index (χ4v) is 5.60. The van der Waals surface area contributed by atoms with Gasteiger partial charge in [0.2, 0.25) is 0 Å². The van der Waals surface area contributed by atoms with Crippen molar-refractivity contribution in [3.63, 3.8) is 0 Å². The molecule has 3 N–H and O–H groups in total. The van der Waals surface area contributed by atoms with E-state index in [0.717, 1.165) is 0 Å². The van der Waals surface area contributed by atoms with E-state index in [-0.39, 0.29) is 37.5 Å². The highest BCUT2D eigenvalue weighted by molar-refractivity contribution is 7.93. The van der Waals surface area contributed by atoms with Crippen LogP contribution in [0.2, 0.25) is 10.0 Å². The van der Waals surface area contributed by atoms with E-state index >= 15 is 0 Å². The number of anilines is 1. The molecule has 0 aliphatic heterocycles. The molecule has 11 heteroatoms. The van der Waals surface area contributed by atoms with Gasteiger partial charge < -0.3 is 20.3 Å². The number of nitrogens with zero attached hydrogens (tertiary/aromatic N) is 1. The van der Waals surface area contributed by atoms with E-state index in [2.05, 4.69) is 0 Å². The number of nitrogens with two attached hydrogens (primary N) is 1. The van der Waals surface area contributed by atoms with Crippen LogP contribution in [0.25, 0.3) is 0 Å². The summed E-state index contributed by atoms with van der Waals surface area (Å²) in [5, 5.41) is 12.0. The van der Waals surface area contributed by atoms with Crippen LogP contribution in [0.5, 0.6) is 11.5 Å². The van der Waals surface area contributed by atoms with Crippen LogP contribution in [0.1, 0.15) is 18.1 Å². The second kappa shape index (κ2) is 10.4. The lowest BCUT2D eigenvalue weighted by Crippen LogP contribution is -2.42. The van der Waals surface area contributed by atoms with Crippen molar-refractivity contribution < 1.29 is 27.8 Å². The van der Waals surface area contributed by atoms with Gasteiger partial charge in [-0.05, 0) is 43.3 Å². The molecule has 1 unspecified atom stereocenters. The van der Waals surface area contributed by atoms with Crippen molar-refractivity contribution in [2.24, 2.45) is 5.73 Å². The second-order valence-electron chi connectivity index (χ2n) is 7.60. The maximum Gasteiger partial charge on any atom is 0.271 e. The minimum Gasteiger partial charge on any atom is -0.493 e. The largest absolute Gasteiger partial charge is 0.493 e. The Bertz CT molecular complexity index is 1360. The molecule has 35 heavy (non-hydrogen) atoms. The van der Waals surface area contributed by atoms with Crippen LogP contribution >= 0.6 is 23.2 Å². The Balaban J connectivity index is 2.30. The SMILES string of the molecule is COc1ccc(S(=O)(=O)N(C(=O)CN)c2ccc(Cl)cc2C(C)(O)c2ccccc2Cl)cc1OC. The van der Waals surface area contributed by atoms with Gasteiger partial charge in [-0.25, -0.2) is 12.7 Å². The van der Waals surface area contributed by atoms with Crippen LogP contribution in [0.4, 0.5) is 5.69 Å². The van der Waals surface area contributed by atoms with Crippen molar-refractivity contribution in [1.29, 1.82) is 0 Å². The number of carbonyl (C=O) groups is 1. The molecule has 0 saturated carbocycles. The molecule has 1 amide bonds. The van der Waals surface area contributed by atoms with Crippen molar-refractivity contribution in [3.8, 4) is 11.5 Å². The molecule has 0 fully saturated rings. The van der Waals surface area contributed by atoms with Gasteiger partial charge in [0.25, 0.3) is 15.9 Å². The maximum atomic E-state index is 13.8. The Kier molecular flexibility index (Phi) is 7.98. The van der Waals surface area contributed by atoms with Crippen LogP contribution in [0.3, 0.4) is 0 Å². The summed E-state index contributed by atoms with van der Waals surface area (Å²) in [5.74, 6) is -0.483. The molecule has 0 aliphatic carbocycles. The molecular weight excluding hydrogens is 515 g/mol. The topological polar surface area (TPSA) is 119 Å². The lowest BCUT2D eigenvalue weighted by molar-refractivity contribution is -0.116. The Hall–Kier alpha value is -2.82. The fourth-order valence-electron chi connectivity index (χ4n) is 3.64. The Labute approximate surface area is 213 Å². The number of halogens is 2. The number of benzene rings is 3. The van der Waals surface area contributed by atoms with E-state index in [0.29, 0.717) is 10.1 Å². The highest BCUT2D eigenvalue weighted by Crippen LogP contribution is 2.42. The van der Waals surface area contributed by atoms with Crippen LogP contribution in [0.15, 0.2) is 65.6 Å². The van der Waals surface area contributed by atoms with E-state index in [4.69, 9.17) is 38.4 Å². The van der Waals surface area contributed by atoms with E-state index in [1.807, 2.05) is 0 Å². The van der Waals surface area contributed by atoms with Crippen LogP contribution in [-0.2, 0) is 20.4 Å². The Morgan fingerprint density at radius 1 is 1.00 bits per heavy atom. The van der Waals surface area contributed by atoms with Crippen LogP contribution in [-0.4, -0.2) is 40.2 Å². The summed E-state index contributed by atoms with van der Waals surface area (Å²) >= 11 is 12.6. The van der Waals surface area contributed by atoms with Crippen molar-refractivity contribution in [3.05, 3.63) is 81.8 Å². The summed E-state index contributed by atoms with van der Waals surface area (Å²) in [4.78, 5) is 12.7. The molecule has 3 aromatic rings. The molecule has 186 valence electrons. The number of sulfonamides is 1. The fraction of sp³-hybridized carbons (Fsp3) is 0.208. The first kappa shape index (κ1) is 26.8. The average Bonchev–Trinajstić information content (AvgIpc) is 2.84. The zero-order valence-electron chi connectivity index (χ0n) is 19.2. The molecule has 0 aliphatic rings. The van der Waals surface area contributed by atoms with Gasteiger partial charge >= 0.3 is 0 Å². The van der Waals surface area contributed by atoms with Gasteiger partial charge in [0, 0.05) is 27.2 Å². The molecule has 0 heterocycles. The first-order valence-corrected chi connectivity index (χ1v) is 12.5. The number of hydrogen-bond acceptors (Lipinski definition) is 7. The normalized spacial score (nSPS) is 13.1. The number of rotatable bonds is 8. The van der Waals surface area contributed by atoms with E-state index in [1.165, 1.54) is 57.5 Å². The van der Waals surface area contributed by atoms with Gasteiger partial charge in [0.05, 0.1) is 31.3 Å². The summed E-state index contributed by atoms with van der Waals surface area (Å²) in [6, 6.07) is 14.5. The van der Waals surface area contributed by atoms with Crippen LogP contribution < -0.4 is 19.5 Å². The van der Waals surface area contributed by atoms with Gasteiger partial charge in [-0.3, -0.25) is 4.79 Å². The minimum atomic E-state index is -4.53. The molecule has 0 saturated heterocycles. The molecule has 0 radical (unpaired) electrons. The number of aliphatic hydroxyl groups is 1. The summed E-state index contributed by atoms with van der Waals surface area (Å²) in [6.07, 6.45) is 0. The molecule has 3 aromatic carbocycles. The first-order valence-electron chi connectivity index (χ1n) is 10.3. The lowest BCUT2D eigenvalue weighted by Gasteiger charge is -2.32. The second-order valence-corrected chi connectivity index (χ2v) is 10.2. The number of amides is 1. The van der Waals surface area contributed by atoms with Gasteiger partial charge in [0.15, 0.2) is 11.5 Å². The summed E-state index contributed by atoms with van der Waals surface area (Å²) in [6.45, 7) is 0.806. The van der Waals surface area contributed by atoms with E-state index in [9.17, 15) is 18.3 Å². The molecule has 0 bridgehead atoms. The number of hydrogen-bond donors (Lipinski definition) is 2. The van der Waals surface area contributed by atoms with Gasteiger partial charge in [-0.1, -0.05) is 41.4 Å².